The molecule has 0 heterocycles. The molecule has 0 aliphatic carbocycles. The first kappa shape index (κ1) is 19.7. The largest absolute Gasteiger partial charge is 0.496 e. The fraction of sp³-hybridized carbons (Fsp3) is 0.211. The molecule has 0 fully saturated rings. The molecular weight excluding hydrogens is 404 g/mol. The van der Waals surface area contributed by atoms with E-state index in [0.29, 0.717) is 11.1 Å². The Kier molecular flexibility index (Phi) is 6.52. The number of hydrogen-bond acceptors (Lipinski definition) is 6. The summed E-state index contributed by atoms with van der Waals surface area (Å²) in [6.45, 7) is 0. The van der Waals surface area contributed by atoms with Gasteiger partial charge in [-0.1, -0.05) is 22.0 Å². The summed E-state index contributed by atoms with van der Waals surface area (Å²) in [7, 11) is 4.04. The topological polar surface area (TPSA) is 78.9 Å². The monoisotopic (exact) mass is 420 g/mol. The van der Waals surface area contributed by atoms with Crippen LogP contribution in [0.1, 0.15) is 36.6 Å². The quantitative estimate of drug-likeness (QED) is 0.295. The summed E-state index contributed by atoms with van der Waals surface area (Å²) in [5.74, 6) is -1.60. The van der Waals surface area contributed by atoms with Crippen LogP contribution in [0.5, 0.6) is 11.5 Å². The van der Waals surface area contributed by atoms with Gasteiger partial charge in [0, 0.05) is 10.9 Å². The lowest BCUT2D eigenvalue weighted by atomic mass is 9.98. The zero-order valence-corrected chi connectivity index (χ0v) is 16.1. The van der Waals surface area contributed by atoms with E-state index in [0.717, 1.165) is 5.56 Å². The van der Waals surface area contributed by atoms with E-state index in [1.807, 2.05) is 0 Å². The predicted octanol–water partition coefficient (Wildman–Crippen LogP) is 3.45. The van der Waals surface area contributed by atoms with Gasteiger partial charge in [-0.3, -0.25) is 9.59 Å². The second-order valence-electron chi connectivity index (χ2n) is 5.23. The number of ether oxygens (including phenoxy) is 3. The third kappa shape index (κ3) is 3.94. The van der Waals surface area contributed by atoms with E-state index in [2.05, 4.69) is 20.7 Å². The van der Waals surface area contributed by atoms with Crippen molar-refractivity contribution in [2.24, 2.45) is 0 Å². The lowest BCUT2D eigenvalue weighted by molar-refractivity contribution is 0.0596. The first-order valence-corrected chi connectivity index (χ1v) is 8.67. The van der Waals surface area contributed by atoms with Crippen molar-refractivity contribution in [1.82, 2.24) is 0 Å². The Morgan fingerprint density at radius 3 is 2.12 bits per heavy atom. The number of alkyl halides is 1. The normalized spacial score (nSPS) is 10.2. The molecule has 0 saturated carbocycles. The number of rotatable bonds is 7. The van der Waals surface area contributed by atoms with Gasteiger partial charge in [-0.15, -0.1) is 0 Å². The van der Waals surface area contributed by atoms with Gasteiger partial charge in [-0.2, -0.15) is 0 Å². The lowest BCUT2D eigenvalue weighted by Gasteiger charge is -2.10. The van der Waals surface area contributed by atoms with Gasteiger partial charge in [0.05, 0.1) is 26.9 Å². The highest BCUT2D eigenvalue weighted by atomic mass is 79.9. The van der Waals surface area contributed by atoms with Gasteiger partial charge in [-0.25, -0.2) is 4.79 Å². The zero-order valence-electron chi connectivity index (χ0n) is 14.5. The molecule has 0 saturated heterocycles. The molecule has 0 spiro atoms. The van der Waals surface area contributed by atoms with Crippen LogP contribution in [0, 0.1) is 0 Å². The SMILES string of the molecule is COC(=O)c1cc(C(=O)C(=O)c2ccc(CBr)cc2OC)ccc1OC. The summed E-state index contributed by atoms with van der Waals surface area (Å²) in [5.41, 5.74) is 1.18. The first-order valence-electron chi connectivity index (χ1n) is 7.55. The molecule has 6 nitrogen and oxygen atoms in total. The summed E-state index contributed by atoms with van der Waals surface area (Å²) >= 11 is 3.33. The Morgan fingerprint density at radius 2 is 1.54 bits per heavy atom. The van der Waals surface area contributed by atoms with Crippen LogP contribution in [0.15, 0.2) is 36.4 Å². The Balaban J connectivity index is 2.43. The number of ketones is 2. The third-order valence-electron chi connectivity index (χ3n) is 3.74. The van der Waals surface area contributed by atoms with Gasteiger partial charge in [0.1, 0.15) is 17.1 Å². The highest BCUT2D eigenvalue weighted by molar-refractivity contribution is 9.08. The number of esters is 1. The van der Waals surface area contributed by atoms with Crippen molar-refractivity contribution in [2.45, 2.75) is 5.33 Å². The maximum Gasteiger partial charge on any atom is 0.341 e. The molecule has 0 aliphatic heterocycles. The number of Topliss-reactive ketones (excluding diaryl/α,β-unsaturated/α-hetero) is 2. The van der Waals surface area contributed by atoms with Crippen LogP contribution in [-0.4, -0.2) is 38.9 Å². The maximum absolute atomic E-state index is 12.6. The summed E-state index contributed by atoms with van der Waals surface area (Å²) in [6, 6.07) is 9.10. The second-order valence-corrected chi connectivity index (χ2v) is 5.79. The highest BCUT2D eigenvalue weighted by Crippen LogP contribution is 2.25. The zero-order chi connectivity index (χ0) is 19.3. The minimum Gasteiger partial charge on any atom is -0.496 e. The predicted molar refractivity (Wildman–Crippen MR) is 98.6 cm³/mol. The average molecular weight is 421 g/mol. The third-order valence-corrected chi connectivity index (χ3v) is 4.39. The van der Waals surface area contributed by atoms with Gasteiger partial charge in [0.25, 0.3) is 0 Å². The van der Waals surface area contributed by atoms with E-state index < -0.39 is 17.5 Å². The van der Waals surface area contributed by atoms with Gasteiger partial charge < -0.3 is 14.2 Å². The Labute approximate surface area is 159 Å². The molecule has 2 rings (SSSR count). The van der Waals surface area contributed by atoms with E-state index in [4.69, 9.17) is 9.47 Å². The molecule has 0 amide bonds. The lowest BCUT2D eigenvalue weighted by Crippen LogP contribution is -2.17. The Morgan fingerprint density at radius 1 is 0.846 bits per heavy atom. The van der Waals surface area contributed by atoms with E-state index in [-0.39, 0.29) is 22.4 Å². The Bertz CT molecular complexity index is 859. The second kappa shape index (κ2) is 8.62. The number of hydrogen-bond donors (Lipinski definition) is 0. The minimum absolute atomic E-state index is 0.0582. The molecule has 2 aromatic rings. The van der Waals surface area contributed by atoms with E-state index >= 15 is 0 Å². The van der Waals surface area contributed by atoms with Crippen molar-refractivity contribution in [3.05, 3.63) is 58.7 Å². The van der Waals surface area contributed by atoms with Crippen LogP contribution in [0.3, 0.4) is 0 Å². The molecule has 136 valence electrons. The maximum atomic E-state index is 12.6. The van der Waals surface area contributed by atoms with Crippen LogP contribution < -0.4 is 9.47 Å². The smallest absolute Gasteiger partial charge is 0.341 e. The number of carbonyl (C=O) groups is 3. The fourth-order valence-corrected chi connectivity index (χ4v) is 2.73. The van der Waals surface area contributed by atoms with Crippen molar-refractivity contribution < 1.29 is 28.6 Å². The molecule has 2 aromatic carbocycles. The van der Waals surface area contributed by atoms with Crippen LogP contribution >= 0.6 is 15.9 Å². The first-order chi connectivity index (χ1) is 12.5. The van der Waals surface area contributed by atoms with Gasteiger partial charge in [-0.05, 0) is 35.9 Å². The van der Waals surface area contributed by atoms with Crippen LogP contribution in [0.2, 0.25) is 0 Å². The summed E-state index contributed by atoms with van der Waals surface area (Å²) < 4.78 is 15.0. The molecule has 0 atom stereocenters. The standard InChI is InChI=1S/C19H17BrO6/c1-24-15-7-5-12(9-14(15)19(23)26-3)17(21)18(22)13-6-4-11(10-20)8-16(13)25-2/h4-9H,10H2,1-3H3. The van der Waals surface area contributed by atoms with Crippen molar-refractivity contribution in [1.29, 1.82) is 0 Å². The van der Waals surface area contributed by atoms with Gasteiger partial charge in [0.2, 0.25) is 11.6 Å². The summed E-state index contributed by atoms with van der Waals surface area (Å²) in [5, 5.41) is 0.590. The summed E-state index contributed by atoms with van der Waals surface area (Å²) in [6.07, 6.45) is 0. The van der Waals surface area contributed by atoms with Crippen LogP contribution in [0.25, 0.3) is 0 Å². The van der Waals surface area contributed by atoms with E-state index in [1.165, 1.54) is 39.5 Å². The molecule has 0 bridgehead atoms. The molecule has 0 aromatic heterocycles. The van der Waals surface area contributed by atoms with Crippen molar-refractivity contribution >= 4 is 33.5 Å². The molecule has 26 heavy (non-hydrogen) atoms. The number of benzene rings is 2. The fourth-order valence-electron chi connectivity index (χ4n) is 2.38. The minimum atomic E-state index is -0.761. The summed E-state index contributed by atoms with van der Waals surface area (Å²) in [4.78, 5) is 37.1. The van der Waals surface area contributed by atoms with Crippen molar-refractivity contribution in [3.63, 3.8) is 0 Å². The molecule has 0 N–H and O–H groups in total. The number of halogens is 1. The van der Waals surface area contributed by atoms with Crippen LogP contribution in [0.4, 0.5) is 0 Å². The number of carbonyl (C=O) groups excluding carboxylic acids is 3. The highest BCUT2D eigenvalue weighted by Gasteiger charge is 2.24. The van der Waals surface area contributed by atoms with Gasteiger partial charge in [0.15, 0.2) is 0 Å². The van der Waals surface area contributed by atoms with E-state index in [1.54, 1.807) is 18.2 Å². The van der Waals surface area contributed by atoms with Crippen LogP contribution in [-0.2, 0) is 10.1 Å². The molecular formula is C19H17BrO6. The average Bonchev–Trinajstić information content (AvgIpc) is 2.70. The van der Waals surface area contributed by atoms with E-state index in [9.17, 15) is 14.4 Å². The van der Waals surface area contributed by atoms with Crippen molar-refractivity contribution in [3.8, 4) is 11.5 Å². The van der Waals surface area contributed by atoms with Gasteiger partial charge >= 0.3 is 5.97 Å². The Hall–Kier alpha value is -2.67. The molecule has 0 unspecified atom stereocenters. The molecule has 0 aliphatic rings. The molecule has 7 heteroatoms. The van der Waals surface area contributed by atoms with Crippen molar-refractivity contribution in [2.75, 3.05) is 21.3 Å². The number of methoxy groups -OCH3 is 3. The molecule has 0 radical (unpaired) electrons.